The van der Waals surface area contributed by atoms with Crippen molar-refractivity contribution in [2.75, 3.05) is 0 Å². The van der Waals surface area contributed by atoms with Crippen LogP contribution in [0.25, 0.3) is 17.5 Å². The molecule has 0 bridgehead atoms. The molecule has 2 aromatic rings. The minimum Gasteiger partial charge on any atom is -0.243 e. The SMILES string of the molecule is C#CC12CC#CC/C=C\C1=Cn1nc(-c3ccccc3)c(Br)c1C2. The Labute approximate surface area is 150 Å². The van der Waals surface area contributed by atoms with Gasteiger partial charge in [-0.25, -0.2) is 4.68 Å². The maximum atomic E-state index is 5.96. The summed E-state index contributed by atoms with van der Waals surface area (Å²) in [6.45, 7) is 0. The van der Waals surface area contributed by atoms with E-state index in [1.54, 1.807) is 0 Å². The van der Waals surface area contributed by atoms with Gasteiger partial charge >= 0.3 is 0 Å². The molecule has 0 amide bonds. The number of rotatable bonds is 1. The van der Waals surface area contributed by atoms with E-state index in [2.05, 4.69) is 64.2 Å². The van der Waals surface area contributed by atoms with E-state index in [4.69, 9.17) is 11.5 Å². The summed E-state index contributed by atoms with van der Waals surface area (Å²) in [7, 11) is 0. The number of terminal acetylenes is 1. The standard InChI is InChI=1S/C21H15BrN2/c1-2-21-13-9-4-3-8-12-17(21)15-24-18(14-21)19(22)20(23-24)16-10-6-5-7-11-16/h1,5-8,10-12,15H,3,13-14H2/b12-8-. The van der Waals surface area contributed by atoms with Gasteiger partial charge in [-0.1, -0.05) is 54.3 Å². The molecule has 2 heterocycles. The number of allylic oxidation sites excluding steroid dienone is 3. The zero-order valence-corrected chi connectivity index (χ0v) is 14.7. The van der Waals surface area contributed by atoms with Crippen LogP contribution in [0.4, 0.5) is 0 Å². The molecule has 2 aliphatic rings. The lowest BCUT2D eigenvalue weighted by molar-refractivity contribution is 0.475. The summed E-state index contributed by atoms with van der Waals surface area (Å²) in [6.07, 6.45) is 14.4. The lowest BCUT2D eigenvalue weighted by Gasteiger charge is -2.32. The summed E-state index contributed by atoms with van der Waals surface area (Å²) in [5.41, 5.74) is 3.87. The average Bonchev–Trinajstić information content (AvgIpc) is 2.91. The van der Waals surface area contributed by atoms with Gasteiger partial charge in [0.2, 0.25) is 0 Å². The monoisotopic (exact) mass is 374 g/mol. The van der Waals surface area contributed by atoms with E-state index in [0.717, 1.165) is 39.8 Å². The van der Waals surface area contributed by atoms with E-state index in [0.29, 0.717) is 6.42 Å². The third-order valence-electron chi connectivity index (χ3n) is 4.58. The highest BCUT2D eigenvalue weighted by molar-refractivity contribution is 9.10. The van der Waals surface area contributed by atoms with Crippen molar-refractivity contribution in [1.29, 1.82) is 0 Å². The van der Waals surface area contributed by atoms with Crippen LogP contribution < -0.4 is 0 Å². The third-order valence-corrected chi connectivity index (χ3v) is 5.42. The molecular weight excluding hydrogens is 360 g/mol. The lowest BCUT2D eigenvalue weighted by Crippen LogP contribution is -2.29. The number of hydrogen-bond donors (Lipinski definition) is 0. The zero-order valence-electron chi connectivity index (χ0n) is 13.1. The molecule has 116 valence electrons. The molecule has 4 rings (SSSR count). The quantitative estimate of drug-likeness (QED) is 0.662. The van der Waals surface area contributed by atoms with Crippen LogP contribution in [0.1, 0.15) is 18.5 Å². The van der Waals surface area contributed by atoms with Gasteiger partial charge in [-0.2, -0.15) is 5.10 Å². The van der Waals surface area contributed by atoms with Crippen molar-refractivity contribution in [2.24, 2.45) is 5.41 Å². The molecule has 0 radical (unpaired) electrons. The van der Waals surface area contributed by atoms with Crippen LogP contribution in [0.2, 0.25) is 0 Å². The van der Waals surface area contributed by atoms with Crippen molar-refractivity contribution >= 4 is 22.1 Å². The topological polar surface area (TPSA) is 17.8 Å². The van der Waals surface area contributed by atoms with Crippen molar-refractivity contribution in [3.05, 3.63) is 58.2 Å². The second-order valence-corrected chi connectivity index (χ2v) is 6.84. The van der Waals surface area contributed by atoms with Crippen LogP contribution in [0.3, 0.4) is 0 Å². The molecule has 1 aromatic heterocycles. The maximum Gasteiger partial charge on any atom is 0.107 e. The molecule has 1 aliphatic carbocycles. The number of benzene rings is 1. The fourth-order valence-corrected chi connectivity index (χ4v) is 3.85. The van der Waals surface area contributed by atoms with Gasteiger partial charge in [-0.15, -0.1) is 12.3 Å². The van der Waals surface area contributed by atoms with Crippen LogP contribution >= 0.6 is 15.9 Å². The Morgan fingerprint density at radius 2 is 2.08 bits per heavy atom. The third kappa shape index (κ3) is 2.33. The Hall–Kier alpha value is -2.49. The van der Waals surface area contributed by atoms with Crippen LogP contribution in [-0.2, 0) is 6.42 Å². The second-order valence-electron chi connectivity index (χ2n) is 6.04. The molecule has 0 saturated carbocycles. The van der Waals surface area contributed by atoms with Crippen LogP contribution in [0.15, 0.2) is 52.5 Å². The van der Waals surface area contributed by atoms with Gasteiger partial charge < -0.3 is 0 Å². The highest BCUT2D eigenvalue weighted by atomic mass is 79.9. The zero-order chi connectivity index (χ0) is 16.6. The molecule has 3 heteroatoms. The molecule has 1 aromatic carbocycles. The molecule has 1 unspecified atom stereocenters. The van der Waals surface area contributed by atoms with Crippen molar-refractivity contribution in [1.82, 2.24) is 9.78 Å². The number of halogens is 1. The van der Waals surface area contributed by atoms with Crippen LogP contribution in [-0.4, -0.2) is 9.78 Å². The first-order chi connectivity index (χ1) is 11.7. The van der Waals surface area contributed by atoms with Gasteiger partial charge in [0.25, 0.3) is 0 Å². The van der Waals surface area contributed by atoms with Gasteiger partial charge in [0, 0.05) is 31.0 Å². The molecule has 1 atom stereocenters. The summed E-state index contributed by atoms with van der Waals surface area (Å²) in [5.74, 6) is 9.41. The molecule has 1 aliphatic heterocycles. The predicted octanol–water partition coefficient (Wildman–Crippen LogP) is 4.68. The minimum atomic E-state index is -0.379. The van der Waals surface area contributed by atoms with Crippen LogP contribution in [0.5, 0.6) is 0 Å². The Bertz CT molecular complexity index is 961. The van der Waals surface area contributed by atoms with E-state index < -0.39 is 0 Å². The van der Waals surface area contributed by atoms with E-state index in [1.165, 1.54) is 0 Å². The lowest BCUT2D eigenvalue weighted by atomic mass is 9.72. The summed E-state index contributed by atoms with van der Waals surface area (Å²) >= 11 is 3.74. The van der Waals surface area contributed by atoms with E-state index in [9.17, 15) is 0 Å². The summed E-state index contributed by atoms with van der Waals surface area (Å²) in [5, 5.41) is 4.79. The van der Waals surface area contributed by atoms with E-state index >= 15 is 0 Å². The normalized spacial score (nSPS) is 22.6. The van der Waals surface area contributed by atoms with Gasteiger partial charge in [-0.3, -0.25) is 0 Å². The average molecular weight is 375 g/mol. The van der Waals surface area contributed by atoms with Gasteiger partial charge in [0.15, 0.2) is 0 Å². The van der Waals surface area contributed by atoms with E-state index in [1.807, 2.05) is 22.9 Å². The smallest absolute Gasteiger partial charge is 0.107 e. The molecule has 24 heavy (non-hydrogen) atoms. The number of fused-ring (bicyclic) bond motifs is 2. The van der Waals surface area contributed by atoms with Crippen molar-refractivity contribution in [3.63, 3.8) is 0 Å². The molecule has 0 saturated heterocycles. The Kier molecular flexibility index (Phi) is 3.68. The number of aromatic nitrogens is 2. The number of nitrogens with zero attached hydrogens (tertiary/aromatic N) is 2. The van der Waals surface area contributed by atoms with Crippen molar-refractivity contribution in [3.8, 4) is 35.4 Å². The molecule has 0 fully saturated rings. The fraction of sp³-hybridized carbons (Fsp3) is 0.190. The molecular formula is C21H15BrN2. The Balaban J connectivity index is 1.88. The predicted molar refractivity (Wildman–Crippen MR) is 101 cm³/mol. The highest BCUT2D eigenvalue weighted by Crippen LogP contribution is 2.43. The second kappa shape index (κ2) is 5.86. The molecule has 0 spiro atoms. The number of hydrogen-bond acceptors (Lipinski definition) is 1. The first-order valence-corrected chi connectivity index (χ1v) is 8.67. The van der Waals surface area contributed by atoms with Gasteiger partial charge in [0.05, 0.1) is 15.6 Å². The first kappa shape index (κ1) is 15.1. The molecule has 2 nitrogen and oxygen atoms in total. The summed E-state index contributed by atoms with van der Waals surface area (Å²) in [4.78, 5) is 0. The molecule has 0 N–H and O–H groups in total. The van der Waals surface area contributed by atoms with E-state index in [-0.39, 0.29) is 5.41 Å². The minimum absolute atomic E-state index is 0.379. The van der Waals surface area contributed by atoms with Crippen LogP contribution in [0, 0.1) is 29.6 Å². The summed E-state index contributed by atoms with van der Waals surface area (Å²) in [6, 6.07) is 10.2. The van der Waals surface area contributed by atoms with Crippen molar-refractivity contribution < 1.29 is 0 Å². The Morgan fingerprint density at radius 3 is 2.88 bits per heavy atom. The van der Waals surface area contributed by atoms with Gasteiger partial charge in [0.1, 0.15) is 5.69 Å². The Morgan fingerprint density at radius 1 is 1.25 bits per heavy atom. The maximum absolute atomic E-state index is 5.96. The highest BCUT2D eigenvalue weighted by Gasteiger charge is 2.37. The largest absolute Gasteiger partial charge is 0.243 e. The fourth-order valence-electron chi connectivity index (χ4n) is 3.22. The van der Waals surface area contributed by atoms with Gasteiger partial charge in [-0.05, 0) is 21.5 Å². The van der Waals surface area contributed by atoms with Crippen molar-refractivity contribution in [2.45, 2.75) is 19.3 Å². The first-order valence-electron chi connectivity index (χ1n) is 7.88. The summed E-state index contributed by atoms with van der Waals surface area (Å²) < 4.78 is 2.97.